The Morgan fingerprint density at radius 1 is 1.50 bits per heavy atom. The van der Waals surface area contributed by atoms with Crippen LogP contribution in [0.4, 0.5) is 10.1 Å². The van der Waals surface area contributed by atoms with Crippen LogP contribution in [0.3, 0.4) is 0 Å². The van der Waals surface area contributed by atoms with Gasteiger partial charge in [-0.1, -0.05) is 13.0 Å². The first-order chi connectivity index (χ1) is 8.54. The van der Waals surface area contributed by atoms with Crippen LogP contribution in [0.25, 0.3) is 0 Å². The molecule has 2 atom stereocenters. The first-order valence-electron chi connectivity index (χ1n) is 5.90. The predicted molar refractivity (Wildman–Crippen MR) is 69.4 cm³/mol. The van der Waals surface area contributed by atoms with Gasteiger partial charge >= 0.3 is 0 Å². The summed E-state index contributed by atoms with van der Waals surface area (Å²) in [6.07, 6.45) is 0. The average molecular weight is 254 g/mol. The van der Waals surface area contributed by atoms with Crippen molar-refractivity contribution in [2.24, 2.45) is 11.7 Å². The second-order valence-corrected chi connectivity index (χ2v) is 4.20. The van der Waals surface area contributed by atoms with Crippen LogP contribution < -0.4 is 15.8 Å². The van der Waals surface area contributed by atoms with Crippen molar-refractivity contribution in [3.8, 4) is 5.75 Å². The van der Waals surface area contributed by atoms with Gasteiger partial charge in [-0.2, -0.15) is 0 Å². The topological polar surface area (TPSA) is 64.4 Å². The standard InChI is InChI=1S/C13H19FN2O2/c1-9(10(2)15)13(17)16-11-4-3-5-12(8-11)18-7-6-14/h3-5,8-10H,6-7,15H2,1-2H3,(H,16,17). The Balaban J connectivity index is 2.64. The molecular weight excluding hydrogens is 235 g/mol. The van der Waals surface area contributed by atoms with Gasteiger partial charge in [0.05, 0.1) is 5.92 Å². The van der Waals surface area contributed by atoms with Crippen LogP contribution >= 0.6 is 0 Å². The summed E-state index contributed by atoms with van der Waals surface area (Å²) in [5.41, 5.74) is 6.27. The van der Waals surface area contributed by atoms with Crippen LogP contribution in [0.1, 0.15) is 13.8 Å². The number of carbonyl (C=O) groups is 1. The second-order valence-electron chi connectivity index (χ2n) is 4.20. The number of halogens is 1. The first kappa shape index (κ1) is 14.4. The normalized spacial score (nSPS) is 13.8. The molecule has 100 valence electrons. The average Bonchev–Trinajstić information content (AvgIpc) is 2.35. The summed E-state index contributed by atoms with van der Waals surface area (Å²) in [7, 11) is 0. The predicted octanol–water partition coefficient (Wildman–Crippen LogP) is 1.96. The third-order valence-corrected chi connectivity index (χ3v) is 2.65. The Kier molecular flexibility index (Phi) is 5.58. The highest BCUT2D eigenvalue weighted by atomic mass is 19.1. The minimum Gasteiger partial charge on any atom is -0.491 e. The van der Waals surface area contributed by atoms with Crippen molar-refractivity contribution in [2.45, 2.75) is 19.9 Å². The molecular formula is C13H19FN2O2. The minimum absolute atomic E-state index is 0.00758. The van der Waals surface area contributed by atoms with E-state index in [4.69, 9.17) is 10.5 Å². The van der Waals surface area contributed by atoms with E-state index in [-0.39, 0.29) is 24.5 Å². The van der Waals surface area contributed by atoms with E-state index in [0.717, 1.165) is 0 Å². The van der Waals surface area contributed by atoms with Gasteiger partial charge in [0.2, 0.25) is 5.91 Å². The van der Waals surface area contributed by atoms with E-state index in [2.05, 4.69) is 5.32 Å². The Morgan fingerprint density at radius 2 is 2.22 bits per heavy atom. The molecule has 0 aromatic heterocycles. The number of carbonyl (C=O) groups excluding carboxylic acids is 1. The maximum Gasteiger partial charge on any atom is 0.228 e. The molecule has 0 aliphatic heterocycles. The van der Waals surface area contributed by atoms with Crippen LogP contribution in [0.2, 0.25) is 0 Å². The van der Waals surface area contributed by atoms with Crippen molar-refractivity contribution in [1.29, 1.82) is 0 Å². The van der Waals surface area contributed by atoms with Gasteiger partial charge in [-0.25, -0.2) is 4.39 Å². The molecule has 2 unspecified atom stereocenters. The van der Waals surface area contributed by atoms with Gasteiger partial charge < -0.3 is 15.8 Å². The van der Waals surface area contributed by atoms with Crippen molar-refractivity contribution in [2.75, 3.05) is 18.6 Å². The SMILES string of the molecule is CC(N)C(C)C(=O)Nc1cccc(OCCF)c1. The Bertz CT molecular complexity index is 396. The highest BCUT2D eigenvalue weighted by molar-refractivity contribution is 5.92. The van der Waals surface area contributed by atoms with Gasteiger partial charge in [0.15, 0.2) is 0 Å². The molecule has 0 bridgehead atoms. The molecule has 0 saturated heterocycles. The van der Waals surface area contributed by atoms with E-state index in [0.29, 0.717) is 11.4 Å². The number of benzene rings is 1. The minimum atomic E-state index is -0.543. The molecule has 1 amide bonds. The molecule has 0 heterocycles. The molecule has 4 nitrogen and oxygen atoms in total. The molecule has 0 radical (unpaired) electrons. The quantitative estimate of drug-likeness (QED) is 0.815. The van der Waals surface area contributed by atoms with E-state index < -0.39 is 6.67 Å². The maximum atomic E-state index is 12.0. The lowest BCUT2D eigenvalue weighted by molar-refractivity contribution is -0.119. The Labute approximate surface area is 106 Å². The van der Waals surface area contributed by atoms with Gasteiger partial charge in [-0.15, -0.1) is 0 Å². The molecule has 1 aromatic rings. The van der Waals surface area contributed by atoms with Gasteiger partial charge in [-0.05, 0) is 19.1 Å². The molecule has 0 spiro atoms. The highest BCUT2D eigenvalue weighted by Gasteiger charge is 2.16. The largest absolute Gasteiger partial charge is 0.491 e. The summed E-state index contributed by atoms with van der Waals surface area (Å²) >= 11 is 0. The third kappa shape index (κ3) is 4.33. The summed E-state index contributed by atoms with van der Waals surface area (Å²) in [6, 6.07) is 6.63. The fourth-order valence-corrected chi connectivity index (χ4v) is 1.31. The van der Waals surface area contributed by atoms with Gasteiger partial charge in [0, 0.05) is 17.8 Å². The molecule has 1 rings (SSSR count). The lowest BCUT2D eigenvalue weighted by Crippen LogP contribution is -2.34. The smallest absolute Gasteiger partial charge is 0.228 e. The van der Waals surface area contributed by atoms with Crippen LogP contribution in [-0.2, 0) is 4.79 Å². The summed E-state index contributed by atoms with van der Waals surface area (Å²) in [5, 5.41) is 2.75. The molecule has 0 fully saturated rings. The lowest BCUT2D eigenvalue weighted by atomic mass is 10.0. The van der Waals surface area contributed by atoms with Crippen molar-refractivity contribution in [3.63, 3.8) is 0 Å². The van der Waals surface area contributed by atoms with Crippen molar-refractivity contribution in [3.05, 3.63) is 24.3 Å². The molecule has 18 heavy (non-hydrogen) atoms. The fraction of sp³-hybridized carbons (Fsp3) is 0.462. The Morgan fingerprint density at radius 3 is 2.83 bits per heavy atom. The van der Waals surface area contributed by atoms with Crippen molar-refractivity contribution < 1.29 is 13.9 Å². The monoisotopic (exact) mass is 254 g/mol. The van der Waals surface area contributed by atoms with Crippen LogP contribution in [0.5, 0.6) is 5.75 Å². The summed E-state index contributed by atoms with van der Waals surface area (Å²) in [5.74, 6) is 0.104. The number of hydrogen-bond donors (Lipinski definition) is 2. The molecule has 3 N–H and O–H groups in total. The Hall–Kier alpha value is -1.62. The third-order valence-electron chi connectivity index (χ3n) is 2.65. The highest BCUT2D eigenvalue weighted by Crippen LogP contribution is 2.18. The number of amides is 1. The van der Waals surface area contributed by atoms with Gasteiger partial charge in [0.1, 0.15) is 19.0 Å². The number of nitrogens with one attached hydrogen (secondary N) is 1. The molecule has 0 aliphatic carbocycles. The second kappa shape index (κ2) is 6.96. The number of anilines is 1. The summed E-state index contributed by atoms with van der Waals surface area (Å²) in [4.78, 5) is 11.8. The molecule has 1 aromatic carbocycles. The lowest BCUT2D eigenvalue weighted by Gasteiger charge is -2.15. The van der Waals surface area contributed by atoms with E-state index in [9.17, 15) is 9.18 Å². The number of ether oxygens (including phenoxy) is 1. The van der Waals surface area contributed by atoms with Crippen molar-refractivity contribution in [1.82, 2.24) is 0 Å². The zero-order valence-electron chi connectivity index (χ0n) is 10.7. The summed E-state index contributed by atoms with van der Waals surface area (Å²) in [6.45, 7) is 3.01. The number of rotatable bonds is 6. The van der Waals surface area contributed by atoms with Gasteiger partial charge in [0.25, 0.3) is 0 Å². The number of nitrogens with two attached hydrogens (primary N) is 1. The van der Waals surface area contributed by atoms with Crippen LogP contribution in [0, 0.1) is 5.92 Å². The summed E-state index contributed by atoms with van der Waals surface area (Å²) < 4.78 is 17.1. The van der Waals surface area contributed by atoms with Gasteiger partial charge in [-0.3, -0.25) is 4.79 Å². The molecule has 0 saturated carbocycles. The first-order valence-corrected chi connectivity index (χ1v) is 5.90. The molecule has 5 heteroatoms. The number of hydrogen-bond acceptors (Lipinski definition) is 3. The van der Waals surface area contributed by atoms with Crippen LogP contribution in [-0.4, -0.2) is 25.2 Å². The number of alkyl halides is 1. The van der Waals surface area contributed by atoms with E-state index in [1.807, 2.05) is 0 Å². The maximum absolute atomic E-state index is 12.0. The van der Waals surface area contributed by atoms with Crippen molar-refractivity contribution >= 4 is 11.6 Å². The van der Waals surface area contributed by atoms with E-state index >= 15 is 0 Å². The zero-order valence-corrected chi connectivity index (χ0v) is 10.7. The van der Waals surface area contributed by atoms with E-state index in [1.165, 1.54) is 0 Å². The van der Waals surface area contributed by atoms with E-state index in [1.54, 1.807) is 38.1 Å². The zero-order chi connectivity index (χ0) is 13.5. The molecule has 0 aliphatic rings. The van der Waals surface area contributed by atoms with Crippen LogP contribution in [0.15, 0.2) is 24.3 Å². The fourth-order valence-electron chi connectivity index (χ4n) is 1.31.